The Morgan fingerprint density at radius 3 is 2.54 bits per heavy atom. The summed E-state index contributed by atoms with van der Waals surface area (Å²) >= 11 is 12.0. The van der Waals surface area contributed by atoms with E-state index in [1.54, 1.807) is 25.3 Å². The summed E-state index contributed by atoms with van der Waals surface area (Å²) in [4.78, 5) is 12.3. The quantitative estimate of drug-likeness (QED) is 0.554. The molecule has 2 aromatic carbocycles. The van der Waals surface area contributed by atoms with Crippen LogP contribution in [0.3, 0.4) is 0 Å². The van der Waals surface area contributed by atoms with E-state index in [0.717, 1.165) is 11.3 Å². The number of hydrogen-bond acceptors (Lipinski definition) is 4. The van der Waals surface area contributed by atoms with Crippen LogP contribution in [-0.4, -0.2) is 13.0 Å². The average Bonchev–Trinajstić information content (AvgIpc) is 2.65. The molecule has 0 radical (unpaired) electrons. The van der Waals surface area contributed by atoms with Crippen molar-refractivity contribution >= 4 is 34.8 Å². The van der Waals surface area contributed by atoms with Gasteiger partial charge in [0.25, 0.3) is 5.91 Å². The van der Waals surface area contributed by atoms with Crippen LogP contribution in [0, 0.1) is 11.3 Å². The molecule has 0 spiro atoms. The fourth-order valence-corrected chi connectivity index (χ4v) is 2.52. The Morgan fingerprint density at radius 1 is 1.23 bits per heavy atom. The summed E-state index contributed by atoms with van der Waals surface area (Å²) in [7, 11) is 1.59. The lowest BCUT2D eigenvalue weighted by molar-refractivity contribution is -0.117. The van der Waals surface area contributed by atoms with Gasteiger partial charge in [0.1, 0.15) is 17.4 Å². The topological polar surface area (TPSA) is 74.1 Å². The van der Waals surface area contributed by atoms with Gasteiger partial charge < -0.3 is 15.4 Å². The van der Waals surface area contributed by atoms with Crippen LogP contribution < -0.4 is 15.4 Å². The fourth-order valence-electron chi connectivity index (χ4n) is 2.16. The molecule has 2 rings (SSSR count). The minimum Gasteiger partial charge on any atom is -0.497 e. The Morgan fingerprint density at radius 2 is 1.92 bits per heavy atom. The van der Waals surface area contributed by atoms with Crippen LogP contribution in [-0.2, 0) is 4.79 Å². The highest BCUT2D eigenvalue weighted by Crippen LogP contribution is 2.29. The summed E-state index contributed by atoms with van der Waals surface area (Å²) in [6, 6.07) is 14.0. The number of benzene rings is 2. The van der Waals surface area contributed by atoms with Crippen molar-refractivity contribution in [2.45, 2.75) is 13.0 Å². The molecule has 0 bridgehead atoms. The first-order chi connectivity index (χ1) is 12.5. The maximum Gasteiger partial charge on any atom is 0.263 e. The van der Waals surface area contributed by atoms with E-state index < -0.39 is 5.91 Å². The number of nitrogens with zero attached hydrogens (tertiary/aromatic N) is 1. The molecule has 1 atom stereocenters. The second kappa shape index (κ2) is 9.14. The minimum absolute atomic E-state index is 0.0820. The number of halogens is 2. The van der Waals surface area contributed by atoms with Crippen LogP contribution in [0.25, 0.3) is 0 Å². The molecule has 26 heavy (non-hydrogen) atoms. The molecule has 0 saturated carbocycles. The van der Waals surface area contributed by atoms with Crippen molar-refractivity contribution in [3.8, 4) is 11.8 Å². The number of rotatable bonds is 6. The van der Waals surface area contributed by atoms with Gasteiger partial charge in [-0.05, 0) is 36.8 Å². The van der Waals surface area contributed by atoms with Gasteiger partial charge in [-0.1, -0.05) is 41.4 Å². The largest absolute Gasteiger partial charge is 0.497 e. The third kappa shape index (κ3) is 4.92. The molecule has 0 fully saturated rings. The molecular weight excluding hydrogens is 373 g/mol. The number of carbonyl (C=O) groups is 1. The highest BCUT2D eigenvalue weighted by atomic mass is 35.5. The highest BCUT2D eigenvalue weighted by Gasteiger charge is 2.14. The van der Waals surface area contributed by atoms with Crippen LogP contribution in [0.1, 0.15) is 18.5 Å². The molecule has 0 aromatic heterocycles. The lowest BCUT2D eigenvalue weighted by Gasteiger charge is -2.14. The molecule has 134 valence electrons. The Hall–Kier alpha value is -2.68. The molecule has 0 aliphatic heterocycles. The van der Waals surface area contributed by atoms with Gasteiger partial charge in [-0.2, -0.15) is 5.26 Å². The smallest absolute Gasteiger partial charge is 0.263 e. The number of nitriles is 1. The molecule has 0 aliphatic carbocycles. The lowest BCUT2D eigenvalue weighted by Crippen LogP contribution is -2.28. The van der Waals surface area contributed by atoms with Gasteiger partial charge >= 0.3 is 0 Å². The van der Waals surface area contributed by atoms with E-state index in [4.69, 9.17) is 27.9 Å². The van der Waals surface area contributed by atoms with E-state index in [0.29, 0.717) is 15.7 Å². The number of nitrogens with one attached hydrogen (secondary N) is 2. The van der Waals surface area contributed by atoms with Crippen molar-refractivity contribution in [2.75, 3.05) is 12.4 Å². The van der Waals surface area contributed by atoms with Gasteiger partial charge in [0.15, 0.2) is 0 Å². The predicted octanol–water partition coefficient (Wildman–Crippen LogP) is 4.70. The molecule has 0 saturated heterocycles. The highest BCUT2D eigenvalue weighted by molar-refractivity contribution is 6.43. The van der Waals surface area contributed by atoms with Gasteiger partial charge in [-0.15, -0.1) is 0 Å². The second-order valence-electron chi connectivity index (χ2n) is 5.38. The van der Waals surface area contributed by atoms with Gasteiger partial charge in [0.05, 0.1) is 28.9 Å². The van der Waals surface area contributed by atoms with Crippen molar-refractivity contribution in [2.24, 2.45) is 0 Å². The Kier molecular flexibility index (Phi) is 6.90. The van der Waals surface area contributed by atoms with Crippen LogP contribution in [0.4, 0.5) is 5.69 Å². The zero-order valence-corrected chi connectivity index (χ0v) is 15.7. The first kappa shape index (κ1) is 19.6. The summed E-state index contributed by atoms with van der Waals surface area (Å²) in [5.74, 6) is 0.231. The van der Waals surface area contributed by atoms with Gasteiger partial charge in [-0.3, -0.25) is 4.79 Å². The third-order valence-corrected chi connectivity index (χ3v) is 4.47. The van der Waals surface area contributed by atoms with Crippen molar-refractivity contribution in [3.05, 3.63) is 69.8 Å². The third-order valence-electron chi connectivity index (χ3n) is 3.65. The Bertz CT molecular complexity index is 858. The number of methoxy groups -OCH3 is 1. The zero-order chi connectivity index (χ0) is 19.1. The summed E-state index contributed by atoms with van der Waals surface area (Å²) < 4.78 is 5.11. The van der Waals surface area contributed by atoms with Crippen LogP contribution in [0.2, 0.25) is 10.0 Å². The monoisotopic (exact) mass is 389 g/mol. The fraction of sp³-hybridized carbons (Fsp3) is 0.158. The van der Waals surface area contributed by atoms with E-state index in [9.17, 15) is 10.1 Å². The number of carbonyl (C=O) groups excluding carboxylic acids is 1. The standard InChI is InChI=1S/C19H17Cl2N3O2/c1-12(13-6-8-15(26-2)9-7-13)24-19(25)14(10-22)11-23-17-5-3-4-16(20)18(17)21/h3-9,11-12,23H,1-2H3,(H,24,25)/b14-11-. The number of anilines is 1. The van der Waals surface area contributed by atoms with Crippen LogP contribution in [0.15, 0.2) is 54.2 Å². The summed E-state index contributed by atoms with van der Waals surface area (Å²) in [5, 5.41) is 15.6. The van der Waals surface area contributed by atoms with E-state index in [-0.39, 0.29) is 11.6 Å². The van der Waals surface area contributed by atoms with Crippen molar-refractivity contribution < 1.29 is 9.53 Å². The predicted molar refractivity (Wildman–Crippen MR) is 103 cm³/mol. The molecule has 2 N–H and O–H groups in total. The normalized spacial score (nSPS) is 12.0. The SMILES string of the molecule is COc1ccc(C(C)NC(=O)/C(C#N)=C\Nc2cccc(Cl)c2Cl)cc1. The molecule has 1 unspecified atom stereocenters. The minimum atomic E-state index is -0.499. The first-order valence-electron chi connectivity index (χ1n) is 7.72. The molecule has 0 aliphatic rings. The number of hydrogen-bond donors (Lipinski definition) is 2. The maximum atomic E-state index is 12.3. The Balaban J connectivity index is 2.07. The van der Waals surface area contributed by atoms with Gasteiger partial charge in [0.2, 0.25) is 0 Å². The summed E-state index contributed by atoms with van der Waals surface area (Å²) in [6.45, 7) is 1.83. The van der Waals surface area contributed by atoms with Crippen molar-refractivity contribution in [1.82, 2.24) is 5.32 Å². The summed E-state index contributed by atoms with van der Waals surface area (Å²) in [6.07, 6.45) is 1.30. The molecule has 5 nitrogen and oxygen atoms in total. The Labute approximate surface area is 162 Å². The van der Waals surface area contributed by atoms with Crippen LogP contribution in [0.5, 0.6) is 5.75 Å². The molecule has 1 amide bonds. The van der Waals surface area contributed by atoms with Gasteiger partial charge in [-0.25, -0.2) is 0 Å². The van der Waals surface area contributed by atoms with Crippen molar-refractivity contribution in [1.29, 1.82) is 5.26 Å². The maximum absolute atomic E-state index is 12.3. The van der Waals surface area contributed by atoms with E-state index in [1.807, 2.05) is 37.3 Å². The molecule has 7 heteroatoms. The zero-order valence-electron chi connectivity index (χ0n) is 14.2. The average molecular weight is 390 g/mol. The first-order valence-corrected chi connectivity index (χ1v) is 8.47. The van der Waals surface area contributed by atoms with Crippen LogP contribution >= 0.6 is 23.2 Å². The van der Waals surface area contributed by atoms with Crippen molar-refractivity contribution in [3.63, 3.8) is 0 Å². The second-order valence-corrected chi connectivity index (χ2v) is 6.17. The summed E-state index contributed by atoms with van der Waals surface area (Å²) in [5.41, 5.74) is 1.31. The number of amides is 1. The molecule has 2 aromatic rings. The van der Waals surface area contributed by atoms with Gasteiger partial charge in [0, 0.05) is 6.20 Å². The molecule has 0 heterocycles. The van der Waals surface area contributed by atoms with E-state index in [1.165, 1.54) is 6.20 Å². The van der Waals surface area contributed by atoms with E-state index in [2.05, 4.69) is 10.6 Å². The van der Waals surface area contributed by atoms with E-state index >= 15 is 0 Å². The number of ether oxygens (including phenoxy) is 1. The lowest BCUT2D eigenvalue weighted by atomic mass is 10.1. The molecular formula is C19H17Cl2N3O2.